The Morgan fingerprint density at radius 3 is 1.86 bits per heavy atom. The number of aromatic nitrogens is 1. The highest BCUT2D eigenvalue weighted by molar-refractivity contribution is 6.11. The average Bonchev–Trinajstić information content (AvgIpc) is 3.71. The Morgan fingerprint density at radius 1 is 0.571 bits per heavy atom. The van der Waals surface area contributed by atoms with Crippen molar-refractivity contribution in [3.8, 4) is 22.9 Å². The van der Waals surface area contributed by atoms with Crippen molar-refractivity contribution in [3.05, 3.63) is 175 Å². The highest BCUT2D eigenvalue weighted by atomic mass is 16.3. The number of hydrogen-bond acceptors (Lipinski definition) is 3. The Hall–Kier alpha value is -7.08. The van der Waals surface area contributed by atoms with Crippen LogP contribution in [0.5, 0.6) is 0 Å². The molecule has 9 rings (SSSR count). The summed E-state index contributed by atoms with van der Waals surface area (Å²) in [6.45, 7) is 8.42. The Morgan fingerprint density at radius 2 is 1.16 bits per heavy atom. The molecule has 0 atom stereocenters. The van der Waals surface area contributed by atoms with Gasteiger partial charge in [-0.15, -0.1) is 0 Å². The number of nitrogens with zero attached hydrogens (tertiary/aromatic N) is 4. The Balaban J connectivity index is 1.38. The predicted molar refractivity (Wildman–Crippen MR) is 199 cm³/mol. The topological polar surface area (TPSA) is 49.5 Å². The summed E-state index contributed by atoms with van der Waals surface area (Å²) in [6.07, 6.45) is 0. The molecule has 0 aliphatic rings. The molecule has 7 aromatic carbocycles. The second kappa shape index (κ2) is 11.3. The first kappa shape index (κ1) is 28.2. The van der Waals surface area contributed by atoms with Crippen LogP contribution in [0, 0.1) is 17.9 Å². The molecule has 2 heterocycles. The SMILES string of the molecule is [C-]#[N+]c1ccc(C#N)c(-n2c3ccccc3c3ccccc32)c1N(c1ccc(-c2ccccc2)cc1)c1ccc2c(c1)oc1ccccc12. The third kappa shape index (κ3) is 4.46. The number of nitriles is 1. The average molecular weight is 627 g/mol. The van der Waals surface area contributed by atoms with Gasteiger partial charge in [0.25, 0.3) is 0 Å². The van der Waals surface area contributed by atoms with Crippen molar-refractivity contribution < 1.29 is 4.42 Å². The number of benzene rings is 7. The Kier molecular flexibility index (Phi) is 6.50. The van der Waals surface area contributed by atoms with Crippen molar-refractivity contribution in [1.82, 2.24) is 4.57 Å². The van der Waals surface area contributed by atoms with Crippen molar-refractivity contribution in [1.29, 1.82) is 5.26 Å². The summed E-state index contributed by atoms with van der Waals surface area (Å²) in [5.74, 6) is 0. The fraction of sp³-hybridized carbons (Fsp3) is 0. The van der Waals surface area contributed by atoms with E-state index < -0.39 is 0 Å². The summed E-state index contributed by atoms with van der Waals surface area (Å²) in [5.41, 5.74) is 9.45. The molecule has 5 nitrogen and oxygen atoms in total. The minimum Gasteiger partial charge on any atom is -0.456 e. The van der Waals surface area contributed by atoms with Crippen LogP contribution in [0.3, 0.4) is 0 Å². The normalized spacial score (nSPS) is 11.2. The zero-order chi connectivity index (χ0) is 32.9. The van der Waals surface area contributed by atoms with Crippen LogP contribution in [0.4, 0.5) is 22.7 Å². The maximum Gasteiger partial charge on any atom is 0.212 e. The molecular formula is C44H26N4O. The molecule has 0 N–H and O–H groups in total. The van der Waals surface area contributed by atoms with Gasteiger partial charge in [-0.3, -0.25) is 0 Å². The van der Waals surface area contributed by atoms with Crippen molar-refractivity contribution in [2.45, 2.75) is 0 Å². The first-order valence-electron chi connectivity index (χ1n) is 16.0. The summed E-state index contributed by atoms with van der Waals surface area (Å²) >= 11 is 0. The third-order valence-electron chi connectivity index (χ3n) is 9.25. The lowest BCUT2D eigenvalue weighted by molar-refractivity contribution is 0.669. The molecule has 5 heteroatoms. The van der Waals surface area contributed by atoms with E-state index in [1.54, 1.807) is 12.1 Å². The molecule has 0 saturated carbocycles. The van der Waals surface area contributed by atoms with E-state index in [0.717, 1.165) is 66.2 Å². The van der Waals surface area contributed by atoms with Crippen molar-refractivity contribution in [2.24, 2.45) is 0 Å². The number of furan rings is 1. The van der Waals surface area contributed by atoms with Gasteiger partial charge in [0.1, 0.15) is 17.2 Å². The smallest absolute Gasteiger partial charge is 0.212 e. The van der Waals surface area contributed by atoms with Crippen LogP contribution in [0.2, 0.25) is 0 Å². The van der Waals surface area contributed by atoms with Gasteiger partial charge in [-0.2, -0.15) is 5.26 Å². The van der Waals surface area contributed by atoms with Gasteiger partial charge in [-0.25, -0.2) is 4.85 Å². The van der Waals surface area contributed by atoms with Gasteiger partial charge in [0.05, 0.1) is 34.5 Å². The van der Waals surface area contributed by atoms with Gasteiger partial charge in [-0.05, 0) is 53.6 Å². The van der Waals surface area contributed by atoms with E-state index in [2.05, 4.69) is 99.2 Å². The largest absolute Gasteiger partial charge is 0.456 e. The van der Waals surface area contributed by atoms with E-state index in [1.165, 1.54) is 0 Å². The fourth-order valence-electron chi connectivity index (χ4n) is 7.05. The van der Waals surface area contributed by atoms with Crippen molar-refractivity contribution in [3.63, 3.8) is 0 Å². The first-order chi connectivity index (χ1) is 24.2. The highest BCUT2D eigenvalue weighted by Gasteiger charge is 2.27. The molecule has 9 aromatic rings. The molecular weight excluding hydrogens is 601 g/mol. The van der Waals surface area contributed by atoms with E-state index in [0.29, 0.717) is 22.6 Å². The molecule has 0 spiro atoms. The number of rotatable bonds is 5. The number of anilines is 3. The Labute approximate surface area is 282 Å². The highest BCUT2D eigenvalue weighted by Crippen LogP contribution is 2.48. The van der Waals surface area contributed by atoms with Gasteiger partial charge in [0.2, 0.25) is 5.69 Å². The minimum absolute atomic E-state index is 0.424. The van der Waals surface area contributed by atoms with Crippen LogP contribution in [0.25, 0.3) is 65.4 Å². The molecule has 0 bridgehead atoms. The van der Waals surface area contributed by atoms with Gasteiger partial charge in [0.15, 0.2) is 0 Å². The molecule has 0 aliphatic heterocycles. The quantitative estimate of drug-likeness (QED) is 0.179. The molecule has 0 unspecified atom stereocenters. The lowest BCUT2D eigenvalue weighted by Crippen LogP contribution is -2.14. The Bertz CT molecular complexity index is 2740. The van der Waals surface area contributed by atoms with E-state index >= 15 is 0 Å². The van der Waals surface area contributed by atoms with Gasteiger partial charge in [0, 0.05) is 39.0 Å². The standard InChI is InChI=1S/C44H26N4O/c1-46-38-26-21-31(28-45)43(48-39-16-8-5-13-34(39)35-14-6-9-17-40(35)48)44(38)47(32-22-19-30(20-23-32)29-11-3-2-4-12-29)33-24-25-37-36-15-7-10-18-41(36)49-42(37)27-33/h2-27H. The molecule has 49 heavy (non-hydrogen) atoms. The van der Waals surface area contributed by atoms with Crippen LogP contribution in [-0.4, -0.2) is 4.57 Å². The molecule has 0 fully saturated rings. The molecule has 228 valence electrons. The molecule has 0 saturated heterocycles. The molecule has 0 aliphatic carbocycles. The molecule has 2 aromatic heterocycles. The monoisotopic (exact) mass is 626 g/mol. The van der Waals surface area contributed by atoms with E-state index in [-0.39, 0.29) is 0 Å². The number of para-hydroxylation sites is 3. The lowest BCUT2D eigenvalue weighted by atomic mass is 10.0. The second-order valence-electron chi connectivity index (χ2n) is 11.9. The number of fused-ring (bicyclic) bond motifs is 6. The molecule has 0 amide bonds. The van der Waals surface area contributed by atoms with Crippen LogP contribution < -0.4 is 4.90 Å². The zero-order valence-corrected chi connectivity index (χ0v) is 26.2. The van der Waals surface area contributed by atoms with Gasteiger partial charge >= 0.3 is 0 Å². The first-order valence-corrected chi connectivity index (χ1v) is 16.0. The second-order valence-corrected chi connectivity index (χ2v) is 11.9. The minimum atomic E-state index is 0.424. The number of hydrogen-bond donors (Lipinski definition) is 0. The summed E-state index contributed by atoms with van der Waals surface area (Å²) in [5, 5.41) is 14.9. The molecule has 0 radical (unpaired) electrons. The van der Waals surface area contributed by atoms with Crippen molar-refractivity contribution in [2.75, 3.05) is 4.90 Å². The van der Waals surface area contributed by atoms with Crippen LogP contribution in [0.1, 0.15) is 5.56 Å². The predicted octanol–water partition coefficient (Wildman–Crippen LogP) is 12.2. The summed E-state index contributed by atoms with van der Waals surface area (Å²) in [6, 6.07) is 55.2. The van der Waals surface area contributed by atoms with E-state index in [9.17, 15) is 5.26 Å². The van der Waals surface area contributed by atoms with E-state index in [4.69, 9.17) is 11.0 Å². The van der Waals surface area contributed by atoms with Crippen LogP contribution >= 0.6 is 0 Å². The van der Waals surface area contributed by atoms with Crippen molar-refractivity contribution >= 4 is 66.5 Å². The third-order valence-corrected chi connectivity index (χ3v) is 9.25. The fourth-order valence-corrected chi connectivity index (χ4v) is 7.05. The van der Waals surface area contributed by atoms with Crippen LogP contribution in [-0.2, 0) is 0 Å². The summed E-state index contributed by atoms with van der Waals surface area (Å²) in [4.78, 5) is 6.16. The maximum atomic E-state index is 10.7. The zero-order valence-electron chi connectivity index (χ0n) is 26.2. The van der Waals surface area contributed by atoms with E-state index in [1.807, 2.05) is 66.7 Å². The maximum absolute atomic E-state index is 10.7. The van der Waals surface area contributed by atoms with Gasteiger partial charge in [-0.1, -0.05) is 109 Å². The lowest BCUT2D eigenvalue weighted by Gasteiger charge is -2.30. The van der Waals surface area contributed by atoms with Crippen LogP contribution in [0.15, 0.2) is 162 Å². The summed E-state index contributed by atoms with van der Waals surface area (Å²) in [7, 11) is 0. The van der Waals surface area contributed by atoms with Gasteiger partial charge < -0.3 is 13.9 Å². The summed E-state index contributed by atoms with van der Waals surface area (Å²) < 4.78 is 8.50.